The quantitative estimate of drug-likeness (QED) is 0.688. The lowest BCUT2D eigenvalue weighted by Gasteiger charge is -1.87. The van der Waals surface area contributed by atoms with Crippen molar-refractivity contribution in [2.24, 2.45) is 0 Å². The van der Waals surface area contributed by atoms with Crippen LogP contribution in [0.3, 0.4) is 0 Å². The van der Waals surface area contributed by atoms with Gasteiger partial charge in [-0.3, -0.25) is 4.98 Å². The minimum absolute atomic E-state index is 0.434. The fourth-order valence-electron chi connectivity index (χ4n) is 1.86. The van der Waals surface area contributed by atoms with Gasteiger partial charge in [0.1, 0.15) is 5.82 Å². The molecule has 5 nitrogen and oxygen atoms in total. The molecule has 1 aromatic carbocycles. The van der Waals surface area contributed by atoms with Crippen molar-refractivity contribution in [1.82, 2.24) is 15.0 Å². The predicted octanol–water partition coefficient (Wildman–Crippen LogP) is 1.95. The fraction of sp³-hybridized carbons (Fsp3) is 0.273. The number of nitrogens with zero attached hydrogens (tertiary/aromatic N) is 1. The van der Waals surface area contributed by atoms with Gasteiger partial charge in [0, 0.05) is 12.5 Å². The summed E-state index contributed by atoms with van der Waals surface area (Å²) in [5.74, 6) is 0.531. The summed E-state index contributed by atoms with van der Waals surface area (Å²) in [5, 5.41) is 0. The van der Waals surface area contributed by atoms with E-state index in [-0.39, 0.29) is 0 Å². The third kappa shape index (κ3) is 1.32. The molecule has 2 heterocycles. The van der Waals surface area contributed by atoms with Gasteiger partial charge in [-0.25, -0.2) is 9.78 Å². The van der Waals surface area contributed by atoms with Crippen LogP contribution in [0.15, 0.2) is 21.3 Å². The van der Waals surface area contributed by atoms with Crippen LogP contribution in [-0.4, -0.2) is 15.0 Å². The van der Waals surface area contributed by atoms with Gasteiger partial charge < -0.3 is 9.40 Å². The van der Waals surface area contributed by atoms with Gasteiger partial charge in [-0.05, 0) is 12.5 Å². The Bertz CT molecular complexity index is 651. The van der Waals surface area contributed by atoms with Gasteiger partial charge in [0.15, 0.2) is 5.58 Å². The molecule has 0 amide bonds. The van der Waals surface area contributed by atoms with Gasteiger partial charge in [-0.1, -0.05) is 6.92 Å². The first-order valence-electron chi connectivity index (χ1n) is 5.27. The van der Waals surface area contributed by atoms with Crippen LogP contribution in [0.4, 0.5) is 0 Å². The van der Waals surface area contributed by atoms with Crippen molar-refractivity contribution < 1.29 is 4.42 Å². The normalized spacial score (nSPS) is 11.6. The molecule has 0 aliphatic carbocycles. The Morgan fingerprint density at radius 1 is 1.31 bits per heavy atom. The monoisotopic (exact) mass is 217 g/mol. The van der Waals surface area contributed by atoms with Gasteiger partial charge in [-0.2, -0.15) is 0 Å². The molecule has 0 atom stereocenters. The van der Waals surface area contributed by atoms with Crippen LogP contribution in [0.25, 0.3) is 22.1 Å². The molecule has 5 heteroatoms. The summed E-state index contributed by atoms with van der Waals surface area (Å²) in [6.07, 6.45) is 1.97. The Morgan fingerprint density at radius 2 is 2.19 bits per heavy atom. The number of rotatable bonds is 2. The number of nitrogens with one attached hydrogen (secondary N) is 2. The van der Waals surface area contributed by atoms with E-state index in [0.717, 1.165) is 29.7 Å². The number of benzene rings is 1. The molecular weight excluding hydrogens is 206 g/mol. The molecule has 0 saturated carbocycles. The van der Waals surface area contributed by atoms with Crippen molar-refractivity contribution in [2.75, 3.05) is 0 Å². The Balaban J connectivity index is 2.27. The highest BCUT2D eigenvalue weighted by atomic mass is 16.4. The Kier molecular flexibility index (Phi) is 1.86. The van der Waals surface area contributed by atoms with Crippen molar-refractivity contribution in [3.05, 3.63) is 28.5 Å². The second-order valence-corrected chi connectivity index (χ2v) is 3.81. The van der Waals surface area contributed by atoms with Crippen LogP contribution in [0.1, 0.15) is 19.2 Å². The third-order valence-electron chi connectivity index (χ3n) is 2.56. The van der Waals surface area contributed by atoms with Crippen molar-refractivity contribution in [2.45, 2.75) is 19.8 Å². The Labute approximate surface area is 90.5 Å². The number of hydrogen-bond acceptors (Lipinski definition) is 3. The standard InChI is InChI=1S/C11H11N3O2/c1-2-3-10-12-6-4-8-9(5-7(6)13-10)16-11(15)14-8/h4-5H,2-3H2,1H3,(H,12,13)(H,14,15). The zero-order chi connectivity index (χ0) is 11.1. The van der Waals surface area contributed by atoms with Gasteiger partial charge in [0.05, 0.1) is 16.6 Å². The number of oxazole rings is 1. The summed E-state index contributed by atoms with van der Waals surface area (Å²) in [6, 6.07) is 3.62. The molecule has 16 heavy (non-hydrogen) atoms. The van der Waals surface area contributed by atoms with Crippen molar-refractivity contribution in [3.8, 4) is 0 Å². The zero-order valence-electron chi connectivity index (χ0n) is 8.83. The topological polar surface area (TPSA) is 74.7 Å². The van der Waals surface area contributed by atoms with Gasteiger partial charge in [-0.15, -0.1) is 0 Å². The SMILES string of the molecule is CCCc1nc2cc3oc(=O)[nH]c3cc2[nH]1. The molecule has 0 spiro atoms. The van der Waals surface area contributed by atoms with E-state index in [4.69, 9.17) is 4.42 Å². The first kappa shape index (κ1) is 9.21. The van der Waals surface area contributed by atoms with Crippen LogP contribution < -0.4 is 5.76 Å². The minimum atomic E-state index is -0.434. The van der Waals surface area contributed by atoms with Gasteiger partial charge >= 0.3 is 5.76 Å². The smallest absolute Gasteiger partial charge is 0.408 e. The van der Waals surface area contributed by atoms with E-state index in [9.17, 15) is 4.79 Å². The average Bonchev–Trinajstić information content (AvgIpc) is 2.75. The second-order valence-electron chi connectivity index (χ2n) is 3.81. The van der Waals surface area contributed by atoms with Gasteiger partial charge in [0.25, 0.3) is 0 Å². The number of hydrogen-bond donors (Lipinski definition) is 2. The highest BCUT2D eigenvalue weighted by Gasteiger charge is 2.07. The van der Waals surface area contributed by atoms with E-state index >= 15 is 0 Å². The number of fused-ring (bicyclic) bond motifs is 2. The second kappa shape index (κ2) is 3.23. The molecule has 2 aromatic heterocycles. The molecule has 0 radical (unpaired) electrons. The molecule has 0 bridgehead atoms. The molecule has 3 aromatic rings. The number of H-pyrrole nitrogens is 2. The number of imidazole rings is 1. The van der Waals surface area contributed by atoms with E-state index in [2.05, 4.69) is 21.9 Å². The summed E-state index contributed by atoms with van der Waals surface area (Å²) in [7, 11) is 0. The lowest BCUT2D eigenvalue weighted by Crippen LogP contribution is -1.92. The number of aromatic nitrogens is 3. The highest BCUT2D eigenvalue weighted by Crippen LogP contribution is 2.19. The van der Waals surface area contributed by atoms with E-state index < -0.39 is 5.76 Å². The van der Waals surface area contributed by atoms with Crippen molar-refractivity contribution in [1.29, 1.82) is 0 Å². The summed E-state index contributed by atoms with van der Waals surface area (Å²) < 4.78 is 4.98. The summed E-state index contributed by atoms with van der Waals surface area (Å²) in [6.45, 7) is 2.11. The first-order chi connectivity index (χ1) is 7.76. The lowest BCUT2D eigenvalue weighted by molar-refractivity contribution is 0.555. The maximum atomic E-state index is 11.0. The molecule has 3 rings (SSSR count). The molecule has 0 aliphatic rings. The summed E-state index contributed by atoms with van der Waals surface area (Å²) in [5.41, 5.74) is 3.00. The van der Waals surface area contributed by atoms with Crippen LogP contribution in [-0.2, 0) is 6.42 Å². The van der Waals surface area contributed by atoms with E-state index in [1.807, 2.05) is 6.07 Å². The molecule has 0 saturated heterocycles. The number of aromatic amines is 2. The molecule has 0 fully saturated rings. The summed E-state index contributed by atoms with van der Waals surface area (Å²) in [4.78, 5) is 21.3. The fourth-order valence-corrected chi connectivity index (χ4v) is 1.86. The Morgan fingerprint density at radius 3 is 3.00 bits per heavy atom. The van der Waals surface area contributed by atoms with Crippen LogP contribution in [0, 0.1) is 0 Å². The largest absolute Gasteiger partial charge is 0.417 e. The first-order valence-corrected chi connectivity index (χ1v) is 5.27. The van der Waals surface area contributed by atoms with Crippen molar-refractivity contribution in [3.63, 3.8) is 0 Å². The maximum absolute atomic E-state index is 11.0. The molecular formula is C11H11N3O2. The van der Waals surface area contributed by atoms with Crippen LogP contribution in [0.5, 0.6) is 0 Å². The minimum Gasteiger partial charge on any atom is -0.408 e. The van der Waals surface area contributed by atoms with Crippen molar-refractivity contribution >= 4 is 22.1 Å². The van der Waals surface area contributed by atoms with E-state index in [1.54, 1.807) is 6.07 Å². The summed E-state index contributed by atoms with van der Waals surface area (Å²) >= 11 is 0. The zero-order valence-corrected chi connectivity index (χ0v) is 8.83. The maximum Gasteiger partial charge on any atom is 0.417 e. The predicted molar refractivity (Wildman–Crippen MR) is 60.5 cm³/mol. The van der Waals surface area contributed by atoms with Crippen LogP contribution in [0.2, 0.25) is 0 Å². The van der Waals surface area contributed by atoms with Gasteiger partial charge in [0.2, 0.25) is 0 Å². The lowest BCUT2D eigenvalue weighted by atomic mass is 10.3. The number of aryl methyl sites for hydroxylation is 1. The molecule has 0 unspecified atom stereocenters. The van der Waals surface area contributed by atoms with Crippen LogP contribution >= 0.6 is 0 Å². The third-order valence-corrected chi connectivity index (χ3v) is 2.56. The molecule has 2 N–H and O–H groups in total. The average molecular weight is 217 g/mol. The Hall–Kier alpha value is -2.04. The molecule has 82 valence electrons. The molecule has 0 aliphatic heterocycles. The highest BCUT2D eigenvalue weighted by molar-refractivity contribution is 5.89. The van der Waals surface area contributed by atoms with E-state index in [0.29, 0.717) is 11.1 Å². The van der Waals surface area contributed by atoms with E-state index in [1.165, 1.54) is 0 Å².